The number of aromatic hydroxyl groups is 1. The quantitative estimate of drug-likeness (QED) is 0.741. The third kappa shape index (κ3) is 2.78. The summed E-state index contributed by atoms with van der Waals surface area (Å²) in [6, 6.07) is 19.4. The molecule has 0 saturated carbocycles. The predicted molar refractivity (Wildman–Crippen MR) is 84.1 cm³/mol. The van der Waals surface area contributed by atoms with Crippen molar-refractivity contribution < 1.29 is 9.84 Å². The molecule has 20 heavy (non-hydrogen) atoms. The van der Waals surface area contributed by atoms with E-state index in [2.05, 4.69) is 15.9 Å². The smallest absolute Gasteiger partial charge is 0.162 e. The Morgan fingerprint density at radius 1 is 0.900 bits per heavy atom. The summed E-state index contributed by atoms with van der Waals surface area (Å²) in [5.41, 5.74) is 1.05. The number of hydrogen-bond donors (Lipinski definition) is 1. The fourth-order valence-corrected chi connectivity index (χ4v) is 2.56. The van der Waals surface area contributed by atoms with Gasteiger partial charge < -0.3 is 9.84 Å². The van der Waals surface area contributed by atoms with Crippen LogP contribution in [0.2, 0.25) is 0 Å². The number of halogens is 1. The summed E-state index contributed by atoms with van der Waals surface area (Å²) in [5.74, 6) is 0.669. The summed E-state index contributed by atoms with van der Waals surface area (Å²) in [6.45, 7) is 0.422. The van der Waals surface area contributed by atoms with E-state index in [1.807, 2.05) is 54.6 Å². The maximum absolute atomic E-state index is 10.0. The van der Waals surface area contributed by atoms with Crippen molar-refractivity contribution >= 4 is 26.7 Å². The lowest BCUT2D eigenvalue weighted by Gasteiger charge is -2.10. The van der Waals surface area contributed by atoms with E-state index in [-0.39, 0.29) is 5.75 Å². The van der Waals surface area contributed by atoms with Gasteiger partial charge in [0.15, 0.2) is 11.5 Å². The second kappa shape index (κ2) is 5.55. The topological polar surface area (TPSA) is 29.5 Å². The van der Waals surface area contributed by atoms with Crippen LogP contribution in [0.15, 0.2) is 65.1 Å². The Balaban J connectivity index is 1.85. The minimum Gasteiger partial charge on any atom is -0.504 e. The number of rotatable bonds is 3. The molecule has 0 aliphatic rings. The zero-order valence-electron chi connectivity index (χ0n) is 10.7. The molecule has 0 unspecified atom stereocenters. The molecule has 3 rings (SSSR count). The second-order valence-corrected chi connectivity index (χ2v) is 5.50. The minimum absolute atomic E-state index is 0.165. The van der Waals surface area contributed by atoms with Crippen LogP contribution < -0.4 is 4.74 Å². The monoisotopic (exact) mass is 328 g/mol. The van der Waals surface area contributed by atoms with Crippen molar-refractivity contribution in [2.24, 2.45) is 0 Å². The maximum atomic E-state index is 10.0. The number of ether oxygens (including phenoxy) is 1. The van der Waals surface area contributed by atoms with Crippen LogP contribution in [0, 0.1) is 0 Å². The molecule has 0 aliphatic carbocycles. The molecule has 0 aliphatic heterocycles. The van der Waals surface area contributed by atoms with Crippen molar-refractivity contribution in [1.29, 1.82) is 0 Å². The van der Waals surface area contributed by atoms with E-state index in [0.717, 1.165) is 20.8 Å². The van der Waals surface area contributed by atoms with Gasteiger partial charge in [0.05, 0.1) is 0 Å². The van der Waals surface area contributed by atoms with Crippen LogP contribution in [0.5, 0.6) is 11.5 Å². The Morgan fingerprint density at radius 2 is 1.65 bits per heavy atom. The highest BCUT2D eigenvalue weighted by Crippen LogP contribution is 2.31. The van der Waals surface area contributed by atoms with Gasteiger partial charge in [0.1, 0.15) is 6.61 Å². The van der Waals surface area contributed by atoms with Crippen molar-refractivity contribution in [3.63, 3.8) is 0 Å². The van der Waals surface area contributed by atoms with Crippen LogP contribution in [0.1, 0.15) is 5.56 Å². The first kappa shape index (κ1) is 13.0. The zero-order valence-corrected chi connectivity index (χ0v) is 12.3. The Morgan fingerprint density at radius 3 is 2.40 bits per heavy atom. The first-order valence-electron chi connectivity index (χ1n) is 6.31. The molecule has 3 heteroatoms. The van der Waals surface area contributed by atoms with Crippen molar-refractivity contribution in [3.8, 4) is 11.5 Å². The third-order valence-corrected chi connectivity index (χ3v) is 3.60. The van der Waals surface area contributed by atoms with E-state index in [9.17, 15) is 5.11 Å². The van der Waals surface area contributed by atoms with E-state index in [0.29, 0.717) is 12.4 Å². The fourth-order valence-electron chi connectivity index (χ4n) is 2.11. The molecule has 0 radical (unpaired) electrons. The minimum atomic E-state index is 0.165. The molecule has 100 valence electrons. The highest BCUT2D eigenvalue weighted by molar-refractivity contribution is 9.10. The lowest BCUT2D eigenvalue weighted by Crippen LogP contribution is -1.95. The molecule has 0 spiro atoms. The van der Waals surface area contributed by atoms with Gasteiger partial charge in [-0.15, -0.1) is 0 Å². The van der Waals surface area contributed by atoms with Gasteiger partial charge in [-0.25, -0.2) is 0 Å². The van der Waals surface area contributed by atoms with Crippen molar-refractivity contribution in [2.45, 2.75) is 6.61 Å². The number of fused-ring (bicyclic) bond motifs is 1. The Kier molecular flexibility index (Phi) is 3.61. The van der Waals surface area contributed by atoms with E-state index >= 15 is 0 Å². The SMILES string of the molecule is Oc1cc2ccccc2cc1OCc1cccc(Br)c1. The van der Waals surface area contributed by atoms with Crippen LogP contribution in [-0.2, 0) is 6.61 Å². The summed E-state index contributed by atoms with van der Waals surface area (Å²) < 4.78 is 6.73. The summed E-state index contributed by atoms with van der Waals surface area (Å²) >= 11 is 3.43. The van der Waals surface area contributed by atoms with Gasteiger partial charge >= 0.3 is 0 Å². The van der Waals surface area contributed by atoms with Gasteiger partial charge in [-0.3, -0.25) is 0 Å². The zero-order chi connectivity index (χ0) is 13.9. The van der Waals surface area contributed by atoms with Gasteiger partial charge in [-0.1, -0.05) is 52.3 Å². The molecule has 0 amide bonds. The molecule has 3 aromatic rings. The van der Waals surface area contributed by atoms with Gasteiger partial charge in [0.25, 0.3) is 0 Å². The Labute approximate surface area is 125 Å². The molecular formula is C17H13BrO2. The lowest BCUT2D eigenvalue weighted by atomic mass is 10.1. The highest BCUT2D eigenvalue weighted by Gasteiger charge is 2.05. The first-order chi connectivity index (χ1) is 9.72. The largest absolute Gasteiger partial charge is 0.504 e. The molecule has 0 atom stereocenters. The summed E-state index contributed by atoms with van der Waals surface area (Å²) in [5, 5.41) is 12.1. The molecule has 0 fully saturated rings. The number of hydrogen-bond acceptors (Lipinski definition) is 2. The van der Waals surface area contributed by atoms with Crippen LogP contribution in [0.4, 0.5) is 0 Å². The highest BCUT2D eigenvalue weighted by atomic mass is 79.9. The number of phenols is 1. The molecule has 0 aromatic heterocycles. The summed E-state index contributed by atoms with van der Waals surface area (Å²) in [6.07, 6.45) is 0. The van der Waals surface area contributed by atoms with E-state index < -0.39 is 0 Å². The first-order valence-corrected chi connectivity index (χ1v) is 7.11. The molecule has 0 bridgehead atoms. The van der Waals surface area contributed by atoms with Crippen molar-refractivity contribution in [1.82, 2.24) is 0 Å². The van der Waals surface area contributed by atoms with Crippen LogP contribution in [-0.4, -0.2) is 5.11 Å². The average molecular weight is 329 g/mol. The van der Waals surface area contributed by atoms with Gasteiger partial charge in [-0.2, -0.15) is 0 Å². The number of phenolic OH excluding ortho intramolecular Hbond substituents is 1. The Bertz CT molecular complexity index is 753. The van der Waals surface area contributed by atoms with E-state index in [1.165, 1.54) is 0 Å². The standard InChI is InChI=1S/C17H13BrO2/c18-15-7-3-4-12(8-15)11-20-17-10-14-6-2-1-5-13(14)9-16(17)19/h1-10,19H,11H2. The molecule has 0 saturated heterocycles. The molecule has 3 aromatic carbocycles. The average Bonchev–Trinajstić information content (AvgIpc) is 2.45. The fraction of sp³-hybridized carbons (Fsp3) is 0.0588. The van der Waals surface area contributed by atoms with E-state index in [4.69, 9.17) is 4.74 Å². The summed E-state index contributed by atoms with van der Waals surface area (Å²) in [7, 11) is 0. The van der Waals surface area contributed by atoms with Crippen molar-refractivity contribution in [3.05, 3.63) is 70.7 Å². The Hall–Kier alpha value is -2.00. The van der Waals surface area contributed by atoms with Gasteiger partial charge in [-0.05, 0) is 40.6 Å². The van der Waals surface area contributed by atoms with Gasteiger partial charge in [0, 0.05) is 4.47 Å². The maximum Gasteiger partial charge on any atom is 0.162 e. The van der Waals surface area contributed by atoms with Crippen LogP contribution >= 0.6 is 15.9 Å². The lowest BCUT2D eigenvalue weighted by molar-refractivity contribution is 0.289. The molecule has 0 heterocycles. The molecule has 2 nitrogen and oxygen atoms in total. The second-order valence-electron chi connectivity index (χ2n) is 4.59. The predicted octanol–water partition coefficient (Wildman–Crippen LogP) is 4.89. The molecule has 1 N–H and O–H groups in total. The third-order valence-electron chi connectivity index (χ3n) is 3.11. The summed E-state index contributed by atoms with van der Waals surface area (Å²) in [4.78, 5) is 0. The van der Waals surface area contributed by atoms with Crippen molar-refractivity contribution in [2.75, 3.05) is 0 Å². The van der Waals surface area contributed by atoms with Gasteiger partial charge in [0.2, 0.25) is 0 Å². The normalized spacial score (nSPS) is 10.7. The van der Waals surface area contributed by atoms with E-state index in [1.54, 1.807) is 6.07 Å². The van der Waals surface area contributed by atoms with Crippen LogP contribution in [0.25, 0.3) is 10.8 Å². The molecular weight excluding hydrogens is 316 g/mol. The van der Waals surface area contributed by atoms with Crippen LogP contribution in [0.3, 0.4) is 0 Å². The number of benzene rings is 3.